The van der Waals surface area contributed by atoms with Crippen LogP contribution in [0, 0.1) is 6.92 Å². The number of methoxy groups -OCH3 is 1. The fraction of sp³-hybridized carbons (Fsp3) is 0.0909. The summed E-state index contributed by atoms with van der Waals surface area (Å²) in [6.07, 6.45) is 0. The number of carbonyl (C=O) groups is 2. The van der Waals surface area contributed by atoms with Crippen LogP contribution in [0.5, 0.6) is 5.75 Å². The number of carbonyl (C=O) groups excluding carboxylic acids is 2. The van der Waals surface area contributed by atoms with Crippen molar-refractivity contribution in [2.24, 2.45) is 0 Å². The molecule has 1 aromatic heterocycles. The minimum atomic E-state index is -0.424. The smallest absolute Gasteiger partial charge is 0.282 e. The summed E-state index contributed by atoms with van der Waals surface area (Å²) in [4.78, 5) is 28.6. The number of hydrogen-bond donors (Lipinski definition) is 1. The van der Waals surface area contributed by atoms with Crippen LogP contribution in [0.25, 0.3) is 5.57 Å². The first-order valence-electron chi connectivity index (χ1n) is 8.83. The first-order valence-corrected chi connectivity index (χ1v) is 10.1. The molecule has 1 aliphatic heterocycles. The van der Waals surface area contributed by atoms with Gasteiger partial charge in [-0.1, -0.05) is 29.8 Å². The summed E-state index contributed by atoms with van der Waals surface area (Å²) in [6.45, 7) is 1.84. The van der Waals surface area contributed by atoms with Crippen LogP contribution in [-0.4, -0.2) is 18.9 Å². The van der Waals surface area contributed by atoms with Gasteiger partial charge in [0.2, 0.25) is 0 Å². The van der Waals surface area contributed by atoms with Gasteiger partial charge in [-0.3, -0.25) is 9.59 Å². The SMILES string of the molecule is COc1cccc(NC2=C(c3cccs3)C(=O)N(c3cc(Cl)ccc3C)C2=O)c1. The van der Waals surface area contributed by atoms with Crippen molar-refractivity contribution >= 4 is 51.7 Å². The van der Waals surface area contributed by atoms with Crippen LogP contribution in [-0.2, 0) is 9.59 Å². The zero-order valence-electron chi connectivity index (χ0n) is 15.7. The van der Waals surface area contributed by atoms with Crippen LogP contribution in [0.3, 0.4) is 0 Å². The highest BCUT2D eigenvalue weighted by Crippen LogP contribution is 2.37. The van der Waals surface area contributed by atoms with Gasteiger partial charge in [-0.25, -0.2) is 4.90 Å². The van der Waals surface area contributed by atoms with Gasteiger partial charge in [-0.15, -0.1) is 11.3 Å². The normalized spacial score (nSPS) is 14.0. The molecule has 146 valence electrons. The summed E-state index contributed by atoms with van der Waals surface area (Å²) in [5.41, 5.74) is 2.48. The molecule has 0 fully saturated rings. The fourth-order valence-electron chi connectivity index (χ4n) is 3.18. The van der Waals surface area contributed by atoms with E-state index in [0.29, 0.717) is 27.7 Å². The van der Waals surface area contributed by atoms with E-state index >= 15 is 0 Å². The van der Waals surface area contributed by atoms with Gasteiger partial charge in [0.05, 0.1) is 18.4 Å². The molecule has 4 rings (SSSR count). The van der Waals surface area contributed by atoms with E-state index in [4.69, 9.17) is 16.3 Å². The molecule has 29 heavy (non-hydrogen) atoms. The Morgan fingerprint density at radius 2 is 1.86 bits per heavy atom. The third kappa shape index (κ3) is 3.52. The molecule has 3 aromatic rings. The molecule has 2 aromatic carbocycles. The number of anilines is 2. The summed E-state index contributed by atoms with van der Waals surface area (Å²) in [7, 11) is 1.57. The Morgan fingerprint density at radius 1 is 1.03 bits per heavy atom. The zero-order chi connectivity index (χ0) is 20.5. The van der Waals surface area contributed by atoms with Crippen LogP contribution in [0.2, 0.25) is 5.02 Å². The van der Waals surface area contributed by atoms with Crippen LogP contribution in [0.15, 0.2) is 65.7 Å². The molecule has 0 radical (unpaired) electrons. The monoisotopic (exact) mass is 424 g/mol. The highest BCUT2D eigenvalue weighted by molar-refractivity contribution is 7.11. The number of amides is 2. The van der Waals surface area contributed by atoms with Gasteiger partial charge in [0.1, 0.15) is 11.4 Å². The zero-order valence-corrected chi connectivity index (χ0v) is 17.3. The van der Waals surface area contributed by atoms with E-state index in [0.717, 1.165) is 10.4 Å². The summed E-state index contributed by atoms with van der Waals surface area (Å²) in [6, 6.07) is 16.0. The average molecular weight is 425 g/mol. The second kappa shape index (κ2) is 7.73. The maximum Gasteiger partial charge on any atom is 0.282 e. The van der Waals surface area contributed by atoms with Gasteiger partial charge in [0, 0.05) is 21.7 Å². The number of hydrogen-bond acceptors (Lipinski definition) is 5. The summed E-state index contributed by atoms with van der Waals surface area (Å²) in [5.74, 6) is -0.160. The fourth-order valence-corrected chi connectivity index (χ4v) is 4.12. The Balaban J connectivity index is 1.82. The van der Waals surface area contributed by atoms with Crippen molar-refractivity contribution in [1.29, 1.82) is 0 Å². The van der Waals surface area contributed by atoms with Crippen molar-refractivity contribution in [2.45, 2.75) is 6.92 Å². The van der Waals surface area contributed by atoms with Gasteiger partial charge in [0.15, 0.2) is 0 Å². The molecule has 1 aliphatic rings. The van der Waals surface area contributed by atoms with E-state index in [9.17, 15) is 9.59 Å². The first-order chi connectivity index (χ1) is 14.0. The molecule has 0 spiro atoms. The predicted octanol–water partition coefficient (Wildman–Crippen LogP) is 5.12. The largest absolute Gasteiger partial charge is 0.497 e. The third-order valence-corrected chi connectivity index (χ3v) is 5.73. The van der Waals surface area contributed by atoms with Crippen LogP contribution in [0.1, 0.15) is 10.4 Å². The van der Waals surface area contributed by atoms with E-state index in [1.807, 2.05) is 42.6 Å². The lowest BCUT2D eigenvalue weighted by atomic mass is 10.1. The standard InChI is InChI=1S/C22H17ClN2O3S/c1-13-8-9-14(23)11-17(13)25-21(26)19(18-7-4-10-29-18)20(22(25)27)24-15-5-3-6-16(12-15)28-2/h3-12,24H,1-2H3. The quantitative estimate of drug-likeness (QED) is 0.578. The number of nitrogens with one attached hydrogen (secondary N) is 1. The van der Waals surface area contributed by atoms with E-state index in [2.05, 4.69) is 5.32 Å². The minimum absolute atomic E-state index is 0.227. The van der Waals surface area contributed by atoms with Crippen molar-refractivity contribution in [3.05, 3.63) is 81.1 Å². The van der Waals surface area contributed by atoms with Gasteiger partial charge in [-0.05, 0) is 48.2 Å². The third-order valence-electron chi connectivity index (χ3n) is 4.60. The molecule has 2 heterocycles. The van der Waals surface area contributed by atoms with Crippen molar-refractivity contribution in [3.63, 3.8) is 0 Å². The molecule has 7 heteroatoms. The molecular formula is C22H17ClN2O3S. The second-order valence-corrected chi connectivity index (χ2v) is 7.84. The highest BCUT2D eigenvalue weighted by atomic mass is 35.5. The van der Waals surface area contributed by atoms with Crippen molar-refractivity contribution in [3.8, 4) is 5.75 Å². The van der Waals surface area contributed by atoms with E-state index in [1.165, 1.54) is 16.2 Å². The van der Waals surface area contributed by atoms with Gasteiger partial charge in [-0.2, -0.15) is 0 Å². The molecule has 0 saturated carbocycles. The number of aryl methyl sites for hydroxylation is 1. The van der Waals surface area contributed by atoms with Gasteiger partial charge < -0.3 is 10.1 Å². The van der Waals surface area contributed by atoms with Crippen molar-refractivity contribution in [2.75, 3.05) is 17.3 Å². The maximum atomic E-state index is 13.4. The number of nitrogens with zero attached hydrogens (tertiary/aromatic N) is 1. The Kier molecular flexibility index (Phi) is 5.13. The van der Waals surface area contributed by atoms with E-state index in [1.54, 1.807) is 31.4 Å². The molecule has 2 amide bonds. The number of rotatable bonds is 5. The summed E-state index contributed by atoms with van der Waals surface area (Å²) in [5, 5.41) is 5.46. The Bertz CT molecular complexity index is 1140. The summed E-state index contributed by atoms with van der Waals surface area (Å²) < 4.78 is 5.25. The number of benzene rings is 2. The lowest BCUT2D eigenvalue weighted by Gasteiger charge is -2.18. The number of halogens is 1. The molecule has 0 aliphatic carbocycles. The first kappa shape index (κ1) is 19.2. The van der Waals surface area contributed by atoms with Crippen molar-refractivity contribution < 1.29 is 14.3 Å². The number of thiophene rings is 1. The lowest BCUT2D eigenvalue weighted by Crippen LogP contribution is -2.33. The molecule has 0 atom stereocenters. The van der Waals surface area contributed by atoms with E-state index < -0.39 is 5.91 Å². The van der Waals surface area contributed by atoms with Crippen molar-refractivity contribution in [1.82, 2.24) is 0 Å². The van der Waals surface area contributed by atoms with Gasteiger partial charge in [0.25, 0.3) is 11.8 Å². The van der Waals surface area contributed by atoms with Crippen LogP contribution in [0.4, 0.5) is 11.4 Å². The van der Waals surface area contributed by atoms with E-state index in [-0.39, 0.29) is 11.6 Å². The molecule has 1 N–H and O–H groups in total. The summed E-state index contributed by atoms with van der Waals surface area (Å²) >= 11 is 7.54. The Hall–Kier alpha value is -3.09. The van der Waals surface area contributed by atoms with Crippen LogP contribution >= 0.6 is 22.9 Å². The average Bonchev–Trinajstić information content (AvgIpc) is 3.31. The predicted molar refractivity (Wildman–Crippen MR) is 117 cm³/mol. The molecule has 0 bridgehead atoms. The minimum Gasteiger partial charge on any atom is -0.497 e. The van der Waals surface area contributed by atoms with Crippen LogP contribution < -0.4 is 15.0 Å². The Labute approximate surface area is 177 Å². The second-order valence-electron chi connectivity index (χ2n) is 6.46. The molecule has 5 nitrogen and oxygen atoms in total. The maximum absolute atomic E-state index is 13.4. The Morgan fingerprint density at radius 3 is 2.59 bits per heavy atom. The lowest BCUT2D eigenvalue weighted by molar-refractivity contribution is -0.120. The molecule has 0 unspecified atom stereocenters. The highest BCUT2D eigenvalue weighted by Gasteiger charge is 2.41. The van der Waals surface area contributed by atoms with Gasteiger partial charge >= 0.3 is 0 Å². The molecular weight excluding hydrogens is 408 g/mol. The number of ether oxygens (including phenoxy) is 1. The number of imide groups is 1. The topological polar surface area (TPSA) is 58.6 Å². The molecule has 0 saturated heterocycles.